The van der Waals surface area contributed by atoms with Gasteiger partial charge < -0.3 is 0 Å². The molecule has 0 saturated heterocycles. The molecule has 0 heterocycles. The van der Waals surface area contributed by atoms with E-state index in [2.05, 4.69) is 0 Å². The van der Waals surface area contributed by atoms with Crippen molar-refractivity contribution in [1.29, 1.82) is 0 Å². The smallest absolute Gasteiger partial charge is 0.110 e. The highest BCUT2D eigenvalue weighted by Crippen LogP contribution is 3.07. The average molecular weight is 339 g/mol. The molecule has 5 fully saturated rings. The molecule has 0 bridgehead atoms. The molecular formula is C10H6Cl6. The molecule has 0 aromatic carbocycles. The number of hydrogen-bond donors (Lipinski definition) is 0. The van der Waals surface area contributed by atoms with Crippen molar-refractivity contribution in [3.63, 3.8) is 0 Å². The minimum absolute atomic E-state index is 0.0413. The van der Waals surface area contributed by atoms with E-state index in [1.807, 2.05) is 0 Å². The largest absolute Gasteiger partial charge is 0.123 e. The van der Waals surface area contributed by atoms with E-state index >= 15 is 0 Å². The van der Waals surface area contributed by atoms with Crippen LogP contribution in [0.15, 0.2) is 0 Å². The number of alkyl halides is 6. The fourth-order valence-corrected chi connectivity index (χ4v) is 10.9. The second kappa shape index (κ2) is 2.07. The van der Waals surface area contributed by atoms with Crippen LogP contribution >= 0.6 is 69.6 Å². The predicted octanol–water partition coefficient (Wildman–Crippen LogP) is 3.79. The van der Waals surface area contributed by atoms with Crippen molar-refractivity contribution < 1.29 is 0 Å². The number of fused-ring (bicyclic) bond motifs is 4. The van der Waals surface area contributed by atoms with Gasteiger partial charge in [0.05, 0.1) is 14.6 Å². The van der Waals surface area contributed by atoms with E-state index in [1.165, 1.54) is 0 Å². The Balaban J connectivity index is 1.87. The summed E-state index contributed by atoms with van der Waals surface area (Å²) < 4.78 is 0. The minimum atomic E-state index is -0.757. The van der Waals surface area contributed by atoms with Crippen molar-refractivity contribution in [2.75, 3.05) is 0 Å². The minimum Gasteiger partial charge on any atom is -0.123 e. The summed E-state index contributed by atoms with van der Waals surface area (Å²) in [7, 11) is 0. The topological polar surface area (TPSA) is 0 Å². The molecule has 5 aliphatic carbocycles. The molecule has 88 valence electrons. The van der Waals surface area contributed by atoms with Crippen molar-refractivity contribution >= 4 is 69.6 Å². The fourth-order valence-electron chi connectivity index (χ4n) is 5.75. The first-order valence-electron chi connectivity index (χ1n) is 5.35. The van der Waals surface area contributed by atoms with E-state index in [0.717, 1.165) is 6.42 Å². The summed E-state index contributed by atoms with van der Waals surface area (Å²) >= 11 is 39.7. The molecule has 0 nitrogen and oxygen atoms in total. The summed E-state index contributed by atoms with van der Waals surface area (Å²) in [5.41, 5.74) is 0. The molecule has 6 heteroatoms. The number of rotatable bonds is 0. The fraction of sp³-hybridized carbons (Fsp3) is 1.00. The first-order valence-corrected chi connectivity index (χ1v) is 7.67. The van der Waals surface area contributed by atoms with Crippen LogP contribution < -0.4 is 0 Å². The van der Waals surface area contributed by atoms with Gasteiger partial charge >= 0.3 is 0 Å². The lowest BCUT2D eigenvalue weighted by Gasteiger charge is -2.74. The predicted molar refractivity (Wildman–Crippen MR) is 67.6 cm³/mol. The van der Waals surface area contributed by atoms with Gasteiger partial charge in [0.25, 0.3) is 0 Å². The van der Waals surface area contributed by atoms with Gasteiger partial charge in [0.15, 0.2) is 0 Å². The van der Waals surface area contributed by atoms with Gasteiger partial charge in [-0.25, -0.2) is 0 Å². The van der Waals surface area contributed by atoms with Crippen LogP contribution in [0.25, 0.3) is 0 Å². The Bertz CT molecular complexity index is 450. The molecule has 0 aromatic rings. The van der Waals surface area contributed by atoms with Gasteiger partial charge in [0.1, 0.15) is 9.75 Å². The van der Waals surface area contributed by atoms with Crippen molar-refractivity contribution in [2.24, 2.45) is 17.8 Å². The summed E-state index contributed by atoms with van der Waals surface area (Å²) in [6, 6.07) is 0. The van der Waals surface area contributed by atoms with Gasteiger partial charge in [-0.2, -0.15) is 0 Å². The molecular weight excluding hydrogens is 333 g/mol. The van der Waals surface area contributed by atoms with Gasteiger partial charge in [0.2, 0.25) is 0 Å². The van der Waals surface area contributed by atoms with Crippen LogP contribution in [0.1, 0.15) is 6.42 Å². The third-order valence-electron chi connectivity index (χ3n) is 6.07. The normalized spacial score (nSPS) is 89.6. The van der Waals surface area contributed by atoms with Crippen LogP contribution in [0.3, 0.4) is 0 Å². The maximum Gasteiger partial charge on any atom is 0.110 e. The first-order chi connectivity index (χ1) is 7.26. The number of halogens is 6. The van der Waals surface area contributed by atoms with Crippen LogP contribution in [0.4, 0.5) is 0 Å². The standard InChI is InChI=1S/C10H6Cl6/c11-3-1-2-4-5(3)8(14)7(4,13)9(15)6(2,12)10(8,9)16/h2-5H,1H2. The molecule has 9 unspecified atom stereocenters. The molecule has 0 amide bonds. The zero-order valence-electron chi connectivity index (χ0n) is 7.78. The van der Waals surface area contributed by atoms with E-state index in [9.17, 15) is 0 Å². The van der Waals surface area contributed by atoms with Crippen molar-refractivity contribution in [3.8, 4) is 0 Å². The lowest BCUT2D eigenvalue weighted by Crippen LogP contribution is -2.88. The SMILES string of the molecule is ClC1CC2C3C1C1(Cl)C3(Cl)C3(Cl)C2(Cl)C13Cl. The molecule has 0 spiro atoms. The molecule has 0 aromatic heterocycles. The maximum atomic E-state index is 6.69. The Kier molecular flexibility index (Phi) is 1.36. The molecule has 0 aliphatic heterocycles. The zero-order valence-corrected chi connectivity index (χ0v) is 12.3. The molecule has 0 radical (unpaired) electrons. The quantitative estimate of drug-likeness (QED) is 0.589. The van der Waals surface area contributed by atoms with Gasteiger partial charge in [0, 0.05) is 11.3 Å². The maximum absolute atomic E-state index is 6.69. The van der Waals surface area contributed by atoms with Crippen LogP contribution in [-0.2, 0) is 0 Å². The highest BCUT2D eigenvalue weighted by molar-refractivity contribution is 6.66. The zero-order chi connectivity index (χ0) is 11.5. The van der Waals surface area contributed by atoms with E-state index < -0.39 is 24.4 Å². The van der Waals surface area contributed by atoms with Crippen LogP contribution in [-0.4, -0.2) is 29.7 Å². The van der Waals surface area contributed by atoms with Gasteiger partial charge in [-0.15, -0.1) is 69.6 Å². The Morgan fingerprint density at radius 3 is 1.81 bits per heavy atom. The second-order valence-corrected chi connectivity index (χ2v) is 9.35. The summed E-state index contributed by atoms with van der Waals surface area (Å²) in [5.74, 6) is 0.664. The van der Waals surface area contributed by atoms with Crippen LogP contribution in [0.2, 0.25) is 0 Å². The van der Waals surface area contributed by atoms with Crippen LogP contribution in [0.5, 0.6) is 0 Å². The lowest BCUT2D eigenvalue weighted by atomic mass is 9.44. The molecule has 16 heavy (non-hydrogen) atoms. The Morgan fingerprint density at radius 2 is 1.25 bits per heavy atom. The molecule has 5 rings (SSSR count). The summed E-state index contributed by atoms with van der Waals surface area (Å²) in [4.78, 5) is -3.45. The Hall–Kier alpha value is 1.74. The van der Waals surface area contributed by atoms with E-state index in [1.54, 1.807) is 0 Å². The molecule has 9 atom stereocenters. The van der Waals surface area contributed by atoms with E-state index in [4.69, 9.17) is 69.6 Å². The van der Waals surface area contributed by atoms with E-state index in [-0.39, 0.29) is 23.1 Å². The third kappa shape index (κ3) is 0.444. The van der Waals surface area contributed by atoms with Crippen LogP contribution in [0, 0.1) is 17.8 Å². The second-order valence-electron chi connectivity index (χ2n) is 5.86. The van der Waals surface area contributed by atoms with E-state index in [0.29, 0.717) is 0 Å². The highest BCUT2D eigenvalue weighted by Gasteiger charge is 3.21. The molecule has 0 N–H and O–H groups in total. The number of hydrogen-bond acceptors (Lipinski definition) is 0. The summed E-state index contributed by atoms with van der Waals surface area (Å²) in [5, 5.41) is 0.0413. The highest BCUT2D eigenvalue weighted by atomic mass is 35.5. The lowest BCUT2D eigenvalue weighted by molar-refractivity contribution is -0.0394. The van der Waals surface area contributed by atoms with Gasteiger partial charge in [-0.05, 0) is 18.3 Å². The van der Waals surface area contributed by atoms with Gasteiger partial charge in [-0.3, -0.25) is 0 Å². The first kappa shape index (κ1) is 10.5. The Labute approximate surface area is 123 Å². The third-order valence-corrected chi connectivity index (χ3v) is 11.4. The monoisotopic (exact) mass is 336 g/mol. The Morgan fingerprint density at radius 1 is 0.750 bits per heavy atom. The van der Waals surface area contributed by atoms with Crippen molar-refractivity contribution in [1.82, 2.24) is 0 Å². The average Bonchev–Trinajstić information content (AvgIpc) is 2.51. The molecule has 5 aliphatic rings. The van der Waals surface area contributed by atoms with Crippen molar-refractivity contribution in [3.05, 3.63) is 0 Å². The summed E-state index contributed by atoms with van der Waals surface area (Å²) in [6.45, 7) is 0. The van der Waals surface area contributed by atoms with Gasteiger partial charge in [-0.1, -0.05) is 0 Å². The summed E-state index contributed by atoms with van der Waals surface area (Å²) in [6.07, 6.45) is 0.840. The molecule has 5 saturated carbocycles. The van der Waals surface area contributed by atoms with Crippen molar-refractivity contribution in [2.45, 2.75) is 36.2 Å².